The molecule has 1 unspecified atom stereocenters. The van der Waals surface area contributed by atoms with Gasteiger partial charge in [0.05, 0.1) is 19.8 Å². The molecule has 3 N–H and O–H groups in total. The van der Waals surface area contributed by atoms with Crippen LogP contribution in [0.4, 0.5) is 5.82 Å². The van der Waals surface area contributed by atoms with Crippen molar-refractivity contribution in [1.29, 1.82) is 0 Å². The first-order valence-electron chi connectivity index (χ1n) is 5.44. The molecule has 2 rings (SSSR count). The van der Waals surface area contributed by atoms with Crippen molar-refractivity contribution in [3.8, 4) is 0 Å². The van der Waals surface area contributed by atoms with Crippen molar-refractivity contribution in [3.05, 3.63) is 6.20 Å². The first-order valence-corrected chi connectivity index (χ1v) is 6.99. The quantitative estimate of drug-likeness (QED) is 0.692. The van der Waals surface area contributed by atoms with Crippen LogP contribution >= 0.6 is 0 Å². The molecular weight excluding hydrogens is 276 g/mol. The van der Waals surface area contributed by atoms with Crippen molar-refractivity contribution in [2.45, 2.75) is 11.0 Å². The van der Waals surface area contributed by atoms with Gasteiger partial charge in [-0.2, -0.15) is 5.10 Å². The molecule has 9 nitrogen and oxygen atoms in total. The molecule has 0 radical (unpaired) electrons. The second-order valence-corrected chi connectivity index (χ2v) is 5.51. The van der Waals surface area contributed by atoms with E-state index in [9.17, 15) is 13.2 Å². The molecule has 1 aromatic rings. The fraction of sp³-hybridized carbons (Fsp3) is 0.556. The lowest BCUT2D eigenvalue weighted by molar-refractivity contribution is -0.142. The highest BCUT2D eigenvalue weighted by atomic mass is 32.2. The second kappa shape index (κ2) is 5.25. The van der Waals surface area contributed by atoms with E-state index in [1.807, 2.05) is 0 Å². The summed E-state index contributed by atoms with van der Waals surface area (Å²) < 4.78 is 34.2. The normalized spacial score (nSPS) is 20.2. The van der Waals surface area contributed by atoms with Crippen LogP contribution in [0.15, 0.2) is 11.1 Å². The van der Waals surface area contributed by atoms with Crippen molar-refractivity contribution < 1.29 is 22.7 Å². The zero-order valence-corrected chi connectivity index (χ0v) is 11.0. The second-order valence-electron chi connectivity index (χ2n) is 3.98. The van der Waals surface area contributed by atoms with Crippen LogP contribution in [0.2, 0.25) is 0 Å². The molecular formula is C9H14N4O5S. The highest BCUT2D eigenvalue weighted by Gasteiger charge is 2.26. The van der Waals surface area contributed by atoms with Crippen LogP contribution in [0.25, 0.3) is 0 Å². The van der Waals surface area contributed by atoms with Crippen LogP contribution in [-0.4, -0.2) is 50.0 Å². The van der Waals surface area contributed by atoms with Gasteiger partial charge in [-0.3, -0.25) is 9.48 Å². The van der Waals surface area contributed by atoms with E-state index < -0.39 is 22.0 Å². The van der Waals surface area contributed by atoms with Crippen LogP contribution in [0.5, 0.6) is 0 Å². The number of carbonyl (C=O) groups excluding carboxylic acids is 1. The molecule has 1 saturated heterocycles. The average Bonchev–Trinajstić information content (AvgIpc) is 2.71. The van der Waals surface area contributed by atoms with E-state index in [0.717, 1.165) is 0 Å². The van der Waals surface area contributed by atoms with Gasteiger partial charge >= 0.3 is 0 Å². The number of hydrogen-bond donors (Lipinski definition) is 2. The minimum absolute atomic E-state index is 0.114. The Balaban J connectivity index is 2.17. The van der Waals surface area contributed by atoms with Crippen molar-refractivity contribution in [2.24, 2.45) is 12.2 Å². The predicted molar refractivity (Wildman–Crippen MR) is 63.8 cm³/mol. The Morgan fingerprint density at radius 3 is 2.89 bits per heavy atom. The topological polar surface area (TPSA) is 126 Å². The van der Waals surface area contributed by atoms with Crippen molar-refractivity contribution in [3.63, 3.8) is 0 Å². The van der Waals surface area contributed by atoms with Crippen LogP contribution in [0.1, 0.15) is 0 Å². The Kier molecular flexibility index (Phi) is 3.85. The summed E-state index contributed by atoms with van der Waals surface area (Å²) in [7, 11) is -2.44. The van der Waals surface area contributed by atoms with Crippen LogP contribution < -0.4 is 10.5 Å². The maximum absolute atomic E-state index is 11.9. The monoisotopic (exact) mass is 290 g/mol. The summed E-state index contributed by atoms with van der Waals surface area (Å²) in [5.74, 6) is -0.646. The number of amides is 1. The van der Waals surface area contributed by atoms with Gasteiger partial charge in [0.1, 0.15) is 4.90 Å². The van der Waals surface area contributed by atoms with Gasteiger partial charge in [0, 0.05) is 13.2 Å². The fourth-order valence-electron chi connectivity index (χ4n) is 1.60. The number of carbonyl (C=O) groups is 1. The number of primary sulfonamides is 1. The molecule has 0 spiro atoms. The van der Waals surface area contributed by atoms with E-state index in [0.29, 0.717) is 13.2 Å². The van der Waals surface area contributed by atoms with Gasteiger partial charge in [-0.25, -0.2) is 13.6 Å². The molecule has 10 heteroatoms. The molecule has 0 aromatic carbocycles. The Labute approximate surface area is 109 Å². The molecule has 1 fully saturated rings. The van der Waals surface area contributed by atoms with Gasteiger partial charge in [-0.1, -0.05) is 0 Å². The Hall–Kier alpha value is -1.49. The number of sulfonamides is 1. The largest absolute Gasteiger partial charge is 0.376 e. The van der Waals surface area contributed by atoms with Gasteiger partial charge in [-0.05, 0) is 0 Å². The minimum Gasteiger partial charge on any atom is -0.376 e. The SMILES string of the molecule is Cn1cc(S(N)(=O)=O)c(NC(=O)C2COCCO2)n1. The van der Waals surface area contributed by atoms with Crippen molar-refractivity contribution in [2.75, 3.05) is 25.1 Å². The van der Waals surface area contributed by atoms with Gasteiger partial charge in [0.25, 0.3) is 5.91 Å². The standard InChI is InChI=1S/C9H14N4O5S/c1-13-4-7(19(10,15)16)8(12-13)11-9(14)6-5-17-2-3-18-6/h4,6H,2-3,5H2,1H3,(H2,10,15,16)(H,11,12,14). The molecule has 2 heterocycles. The lowest BCUT2D eigenvalue weighted by Gasteiger charge is -2.21. The summed E-state index contributed by atoms with van der Waals surface area (Å²) in [5, 5.41) is 11.3. The zero-order valence-electron chi connectivity index (χ0n) is 10.2. The smallest absolute Gasteiger partial charge is 0.257 e. The molecule has 0 bridgehead atoms. The van der Waals surface area contributed by atoms with E-state index >= 15 is 0 Å². The molecule has 0 aliphatic carbocycles. The van der Waals surface area contributed by atoms with Gasteiger partial charge in [-0.15, -0.1) is 0 Å². The molecule has 106 valence electrons. The first kappa shape index (κ1) is 13.9. The summed E-state index contributed by atoms with van der Waals surface area (Å²) in [5.41, 5.74) is 0. The number of ether oxygens (including phenoxy) is 2. The maximum atomic E-state index is 11.9. The van der Waals surface area contributed by atoms with Crippen LogP contribution in [-0.2, 0) is 31.3 Å². The fourth-order valence-corrected chi connectivity index (χ4v) is 2.26. The molecule has 0 saturated carbocycles. The van der Waals surface area contributed by atoms with Crippen molar-refractivity contribution >= 4 is 21.7 Å². The number of nitrogens with two attached hydrogens (primary N) is 1. The summed E-state index contributed by atoms with van der Waals surface area (Å²) in [6.07, 6.45) is 0.424. The third-order valence-corrected chi connectivity index (χ3v) is 3.36. The number of nitrogens with one attached hydrogen (secondary N) is 1. The average molecular weight is 290 g/mol. The van der Waals surface area contributed by atoms with E-state index in [4.69, 9.17) is 14.6 Å². The maximum Gasteiger partial charge on any atom is 0.257 e. The van der Waals surface area contributed by atoms with Gasteiger partial charge in [0.2, 0.25) is 10.0 Å². The summed E-state index contributed by atoms with van der Waals surface area (Å²) in [6.45, 7) is 0.849. The molecule has 1 amide bonds. The highest BCUT2D eigenvalue weighted by molar-refractivity contribution is 7.89. The third kappa shape index (κ3) is 3.29. The van der Waals surface area contributed by atoms with E-state index in [-0.39, 0.29) is 17.3 Å². The Morgan fingerprint density at radius 2 is 2.32 bits per heavy atom. The van der Waals surface area contributed by atoms with E-state index in [1.165, 1.54) is 17.9 Å². The van der Waals surface area contributed by atoms with Crippen molar-refractivity contribution in [1.82, 2.24) is 9.78 Å². The number of anilines is 1. The zero-order chi connectivity index (χ0) is 14.0. The van der Waals surface area contributed by atoms with Gasteiger partial charge < -0.3 is 14.8 Å². The van der Waals surface area contributed by atoms with E-state index in [1.54, 1.807) is 0 Å². The summed E-state index contributed by atoms with van der Waals surface area (Å²) in [6, 6.07) is 0. The van der Waals surface area contributed by atoms with Gasteiger partial charge in [0.15, 0.2) is 11.9 Å². The Morgan fingerprint density at radius 1 is 1.58 bits per heavy atom. The summed E-state index contributed by atoms with van der Waals surface area (Å²) >= 11 is 0. The number of aromatic nitrogens is 2. The first-order chi connectivity index (χ1) is 8.88. The molecule has 1 aliphatic rings. The predicted octanol–water partition coefficient (Wildman–Crippen LogP) is -1.58. The molecule has 1 aromatic heterocycles. The van der Waals surface area contributed by atoms with E-state index in [2.05, 4.69) is 10.4 Å². The molecule has 19 heavy (non-hydrogen) atoms. The third-order valence-electron chi connectivity index (χ3n) is 2.45. The van der Waals surface area contributed by atoms with Crippen LogP contribution in [0.3, 0.4) is 0 Å². The molecule has 1 aliphatic heterocycles. The number of aryl methyl sites for hydroxylation is 1. The van der Waals surface area contributed by atoms with Crippen LogP contribution in [0, 0.1) is 0 Å². The molecule has 1 atom stereocenters. The minimum atomic E-state index is -3.96. The Bertz CT molecular complexity index is 575. The number of nitrogens with zero attached hydrogens (tertiary/aromatic N) is 2. The highest BCUT2D eigenvalue weighted by Crippen LogP contribution is 2.18. The lowest BCUT2D eigenvalue weighted by atomic mass is 10.3. The number of rotatable bonds is 3. The summed E-state index contributed by atoms with van der Waals surface area (Å²) in [4.78, 5) is 11.6. The lowest BCUT2D eigenvalue weighted by Crippen LogP contribution is -2.39. The number of hydrogen-bond acceptors (Lipinski definition) is 6.